The van der Waals surface area contributed by atoms with E-state index in [1.807, 2.05) is 31.2 Å². The third-order valence-corrected chi connectivity index (χ3v) is 3.74. The molecule has 1 N–H and O–H groups in total. The number of carbonyl (C=O) groups is 1. The molecule has 0 saturated carbocycles. The molecule has 1 atom stereocenters. The number of rotatable bonds is 6. The average Bonchev–Trinajstić information content (AvgIpc) is 2.66. The minimum Gasteiger partial charge on any atom is -0.497 e. The fraction of sp³-hybridized carbons (Fsp3) is 0.316. The molecule has 0 radical (unpaired) electrons. The SMILES string of the molecule is COc1ccc(OCC(C)NC(=O)c2ccc3c(c2)OCCO3)cc1. The molecule has 1 unspecified atom stereocenters. The van der Waals surface area contributed by atoms with Gasteiger partial charge in [0.2, 0.25) is 0 Å². The fourth-order valence-corrected chi connectivity index (χ4v) is 2.43. The summed E-state index contributed by atoms with van der Waals surface area (Å²) in [5.74, 6) is 2.58. The zero-order valence-electron chi connectivity index (χ0n) is 14.3. The van der Waals surface area contributed by atoms with Crippen LogP contribution in [0.15, 0.2) is 42.5 Å². The number of amides is 1. The molecule has 0 fully saturated rings. The highest BCUT2D eigenvalue weighted by Gasteiger charge is 2.16. The Kier molecular flexibility index (Phi) is 5.28. The van der Waals surface area contributed by atoms with E-state index in [1.165, 1.54) is 0 Å². The highest BCUT2D eigenvalue weighted by Crippen LogP contribution is 2.30. The van der Waals surface area contributed by atoms with Gasteiger partial charge in [0.25, 0.3) is 5.91 Å². The molecule has 0 spiro atoms. The molecule has 1 aliphatic rings. The summed E-state index contributed by atoms with van der Waals surface area (Å²) in [6.07, 6.45) is 0. The van der Waals surface area contributed by atoms with E-state index >= 15 is 0 Å². The molecule has 1 aliphatic heterocycles. The molecule has 1 amide bonds. The maximum Gasteiger partial charge on any atom is 0.251 e. The average molecular weight is 343 g/mol. The van der Waals surface area contributed by atoms with Crippen molar-refractivity contribution in [3.63, 3.8) is 0 Å². The standard InChI is InChI=1S/C19H21NO5/c1-13(12-25-16-6-4-15(22-2)5-7-16)20-19(21)14-3-8-17-18(11-14)24-10-9-23-17/h3-8,11,13H,9-10,12H2,1-2H3,(H,20,21). The van der Waals surface area contributed by atoms with Gasteiger partial charge in [-0.2, -0.15) is 0 Å². The summed E-state index contributed by atoms with van der Waals surface area (Å²) in [7, 11) is 1.62. The fourth-order valence-electron chi connectivity index (χ4n) is 2.43. The lowest BCUT2D eigenvalue weighted by atomic mass is 10.1. The van der Waals surface area contributed by atoms with E-state index in [9.17, 15) is 4.79 Å². The summed E-state index contributed by atoms with van der Waals surface area (Å²) < 4.78 is 21.7. The van der Waals surface area contributed by atoms with Gasteiger partial charge in [0, 0.05) is 5.56 Å². The Labute approximate surface area is 146 Å². The van der Waals surface area contributed by atoms with Crippen LogP contribution in [0.25, 0.3) is 0 Å². The monoisotopic (exact) mass is 343 g/mol. The van der Waals surface area contributed by atoms with Gasteiger partial charge < -0.3 is 24.3 Å². The molecular formula is C19H21NO5. The number of hydrogen-bond acceptors (Lipinski definition) is 5. The van der Waals surface area contributed by atoms with Crippen LogP contribution < -0.4 is 24.3 Å². The van der Waals surface area contributed by atoms with E-state index in [0.29, 0.717) is 36.9 Å². The number of ether oxygens (including phenoxy) is 4. The van der Waals surface area contributed by atoms with Crippen molar-refractivity contribution in [2.75, 3.05) is 26.9 Å². The second kappa shape index (κ2) is 7.79. The maximum absolute atomic E-state index is 12.4. The highest BCUT2D eigenvalue weighted by molar-refractivity contribution is 5.95. The molecule has 0 bridgehead atoms. The Balaban J connectivity index is 1.53. The second-order valence-corrected chi connectivity index (χ2v) is 5.72. The van der Waals surface area contributed by atoms with E-state index < -0.39 is 0 Å². The molecule has 6 nitrogen and oxygen atoms in total. The predicted molar refractivity (Wildman–Crippen MR) is 92.8 cm³/mol. The zero-order chi connectivity index (χ0) is 17.6. The predicted octanol–water partition coefficient (Wildman–Crippen LogP) is 2.66. The van der Waals surface area contributed by atoms with Gasteiger partial charge in [0.1, 0.15) is 31.3 Å². The lowest BCUT2D eigenvalue weighted by molar-refractivity contribution is 0.0925. The van der Waals surface area contributed by atoms with Crippen molar-refractivity contribution >= 4 is 5.91 Å². The summed E-state index contributed by atoms with van der Waals surface area (Å²) in [5.41, 5.74) is 0.528. The maximum atomic E-state index is 12.4. The molecule has 1 heterocycles. The number of methoxy groups -OCH3 is 1. The van der Waals surface area contributed by atoms with Gasteiger partial charge in [-0.3, -0.25) is 4.79 Å². The summed E-state index contributed by atoms with van der Waals surface area (Å²) in [4.78, 5) is 12.4. The van der Waals surface area contributed by atoms with Crippen molar-refractivity contribution in [2.24, 2.45) is 0 Å². The Morgan fingerprint density at radius 2 is 1.76 bits per heavy atom. The summed E-state index contributed by atoms with van der Waals surface area (Å²) in [6.45, 7) is 3.27. The Bertz CT molecular complexity index is 729. The van der Waals surface area contributed by atoms with Crippen molar-refractivity contribution in [3.8, 4) is 23.0 Å². The Morgan fingerprint density at radius 3 is 2.48 bits per heavy atom. The van der Waals surface area contributed by atoms with Crippen LogP contribution in [0.5, 0.6) is 23.0 Å². The number of benzene rings is 2. The largest absolute Gasteiger partial charge is 0.497 e. The molecule has 132 valence electrons. The molecule has 2 aromatic carbocycles. The van der Waals surface area contributed by atoms with Gasteiger partial charge in [-0.15, -0.1) is 0 Å². The lowest BCUT2D eigenvalue weighted by Crippen LogP contribution is -2.36. The Hall–Kier alpha value is -2.89. The zero-order valence-corrected chi connectivity index (χ0v) is 14.3. The first kappa shape index (κ1) is 17.0. The van der Waals surface area contributed by atoms with Crippen LogP contribution in [0, 0.1) is 0 Å². The molecule has 25 heavy (non-hydrogen) atoms. The van der Waals surface area contributed by atoms with E-state index in [-0.39, 0.29) is 11.9 Å². The van der Waals surface area contributed by atoms with Crippen LogP contribution in [-0.4, -0.2) is 38.9 Å². The Morgan fingerprint density at radius 1 is 1.08 bits per heavy atom. The van der Waals surface area contributed by atoms with Crippen LogP contribution in [0.3, 0.4) is 0 Å². The van der Waals surface area contributed by atoms with Crippen molar-refractivity contribution in [3.05, 3.63) is 48.0 Å². The number of hydrogen-bond donors (Lipinski definition) is 1. The normalized spacial score (nSPS) is 13.7. The van der Waals surface area contributed by atoms with Crippen LogP contribution in [0.1, 0.15) is 17.3 Å². The van der Waals surface area contributed by atoms with Crippen molar-refractivity contribution in [1.29, 1.82) is 0 Å². The summed E-state index contributed by atoms with van der Waals surface area (Å²) >= 11 is 0. The number of fused-ring (bicyclic) bond motifs is 1. The highest BCUT2D eigenvalue weighted by atomic mass is 16.6. The first-order chi connectivity index (χ1) is 12.2. The van der Waals surface area contributed by atoms with Crippen LogP contribution in [-0.2, 0) is 0 Å². The van der Waals surface area contributed by atoms with E-state index in [4.69, 9.17) is 18.9 Å². The number of carbonyl (C=O) groups excluding carboxylic acids is 1. The second-order valence-electron chi connectivity index (χ2n) is 5.72. The topological polar surface area (TPSA) is 66.0 Å². The van der Waals surface area contributed by atoms with Crippen molar-refractivity contribution < 1.29 is 23.7 Å². The molecule has 0 saturated heterocycles. The smallest absolute Gasteiger partial charge is 0.251 e. The quantitative estimate of drug-likeness (QED) is 0.873. The molecule has 6 heteroatoms. The van der Waals surface area contributed by atoms with Crippen molar-refractivity contribution in [1.82, 2.24) is 5.32 Å². The van der Waals surface area contributed by atoms with E-state index in [2.05, 4.69) is 5.32 Å². The number of nitrogens with one attached hydrogen (secondary N) is 1. The van der Waals surface area contributed by atoms with Gasteiger partial charge >= 0.3 is 0 Å². The van der Waals surface area contributed by atoms with E-state index in [0.717, 1.165) is 11.5 Å². The van der Waals surface area contributed by atoms with E-state index in [1.54, 1.807) is 25.3 Å². The molecule has 3 rings (SSSR count). The summed E-state index contributed by atoms with van der Waals surface area (Å²) in [6, 6.07) is 12.3. The molecule has 0 aliphatic carbocycles. The minimum absolute atomic E-state index is 0.150. The minimum atomic E-state index is -0.178. The third-order valence-electron chi connectivity index (χ3n) is 3.74. The first-order valence-corrected chi connectivity index (χ1v) is 8.13. The van der Waals surface area contributed by atoms with Crippen LogP contribution in [0.4, 0.5) is 0 Å². The van der Waals surface area contributed by atoms with Gasteiger partial charge in [0.15, 0.2) is 11.5 Å². The van der Waals surface area contributed by atoms with Gasteiger partial charge in [-0.1, -0.05) is 0 Å². The third kappa shape index (κ3) is 4.35. The van der Waals surface area contributed by atoms with Gasteiger partial charge in [0.05, 0.1) is 13.2 Å². The first-order valence-electron chi connectivity index (χ1n) is 8.13. The van der Waals surface area contributed by atoms with Gasteiger partial charge in [-0.25, -0.2) is 0 Å². The van der Waals surface area contributed by atoms with Crippen LogP contribution in [0.2, 0.25) is 0 Å². The lowest BCUT2D eigenvalue weighted by Gasteiger charge is -2.19. The molecule has 2 aromatic rings. The van der Waals surface area contributed by atoms with Crippen LogP contribution >= 0.6 is 0 Å². The molecule has 0 aromatic heterocycles. The molecular weight excluding hydrogens is 322 g/mol. The van der Waals surface area contributed by atoms with Gasteiger partial charge in [-0.05, 0) is 49.4 Å². The van der Waals surface area contributed by atoms with Crippen molar-refractivity contribution in [2.45, 2.75) is 13.0 Å². The summed E-state index contributed by atoms with van der Waals surface area (Å²) in [5, 5.41) is 2.91.